The Kier molecular flexibility index (Phi) is 7.59. The van der Waals surface area contributed by atoms with Crippen molar-refractivity contribution in [2.75, 3.05) is 5.32 Å². The number of hydrogen-bond donors (Lipinski definition) is 1. The van der Waals surface area contributed by atoms with Gasteiger partial charge in [-0.1, -0.05) is 40.5 Å². The number of benzene rings is 2. The highest BCUT2D eigenvalue weighted by atomic mass is 79.9. The Morgan fingerprint density at radius 1 is 1.09 bits per heavy atom. The molecular weight excluding hydrogens is 577 g/mol. The van der Waals surface area contributed by atoms with E-state index in [1.165, 1.54) is 36.4 Å². The molecule has 0 spiro atoms. The maximum atomic E-state index is 14.0. The molecule has 182 valence electrons. The van der Waals surface area contributed by atoms with E-state index in [9.17, 15) is 31.1 Å². The fourth-order valence-electron chi connectivity index (χ4n) is 3.11. The zero-order valence-electron chi connectivity index (χ0n) is 16.7. The van der Waals surface area contributed by atoms with Gasteiger partial charge in [-0.05, 0) is 57.9 Å². The summed E-state index contributed by atoms with van der Waals surface area (Å²) < 4.78 is 79.5. The maximum absolute atomic E-state index is 14.0. The van der Waals surface area contributed by atoms with Crippen LogP contribution in [0.15, 0.2) is 52.1 Å². The summed E-state index contributed by atoms with van der Waals surface area (Å²) in [5.41, 5.74) is -2.73. The molecule has 0 radical (unpaired) electrons. The van der Waals surface area contributed by atoms with Crippen molar-refractivity contribution in [3.05, 3.63) is 68.1 Å². The molecule has 0 saturated carbocycles. The second kappa shape index (κ2) is 9.79. The molecule has 3 rings (SSSR count). The van der Waals surface area contributed by atoms with E-state index in [4.69, 9.17) is 28.0 Å². The van der Waals surface area contributed by atoms with Crippen LogP contribution in [0.4, 0.5) is 32.0 Å². The Bertz CT molecular complexity index is 1150. The van der Waals surface area contributed by atoms with Crippen molar-refractivity contribution in [3.63, 3.8) is 0 Å². The number of carbonyl (C=O) groups is 1. The molecule has 0 saturated heterocycles. The third-order valence-electron chi connectivity index (χ3n) is 4.63. The van der Waals surface area contributed by atoms with Crippen molar-refractivity contribution >= 4 is 62.5 Å². The summed E-state index contributed by atoms with van der Waals surface area (Å²) in [6.45, 7) is 0. The Morgan fingerprint density at radius 3 is 2.32 bits per heavy atom. The van der Waals surface area contributed by atoms with Crippen LogP contribution in [0.1, 0.15) is 24.0 Å². The van der Waals surface area contributed by atoms with Gasteiger partial charge in [0.2, 0.25) is 5.91 Å². The molecule has 0 fully saturated rings. The lowest BCUT2D eigenvalue weighted by atomic mass is 9.88. The highest BCUT2D eigenvalue weighted by Crippen LogP contribution is 2.49. The highest BCUT2D eigenvalue weighted by molar-refractivity contribution is 9.10. The summed E-state index contributed by atoms with van der Waals surface area (Å²) in [5.74, 6) is -1.27. The largest absolute Gasteiger partial charge is 0.435 e. The molecular formula is C21H13BrCl2F6N2O2. The summed E-state index contributed by atoms with van der Waals surface area (Å²) in [4.78, 5) is 16.4. The molecule has 2 aromatic carbocycles. The normalized spacial score (nSPS) is 18.7. The van der Waals surface area contributed by atoms with Gasteiger partial charge < -0.3 is 10.2 Å². The van der Waals surface area contributed by atoms with Gasteiger partial charge in [-0.15, -0.1) is 0 Å². The molecule has 2 aromatic rings. The number of rotatable bonds is 5. The summed E-state index contributed by atoms with van der Waals surface area (Å²) in [5, 5.41) is 5.67. The van der Waals surface area contributed by atoms with Crippen molar-refractivity contribution in [3.8, 4) is 0 Å². The first-order valence-corrected chi connectivity index (χ1v) is 10.9. The number of anilines is 1. The van der Waals surface area contributed by atoms with E-state index in [0.717, 1.165) is 12.1 Å². The van der Waals surface area contributed by atoms with Gasteiger partial charge >= 0.3 is 12.4 Å². The number of hydrogen-bond acceptors (Lipinski definition) is 3. The van der Waals surface area contributed by atoms with E-state index in [1.54, 1.807) is 0 Å². The van der Waals surface area contributed by atoms with E-state index in [-0.39, 0.29) is 27.0 Å². The standard InChI is InChI=1S/C21H13BrCl2F6N2O2/c22-16-4-2-11(5-17(16)31-18(33)10-20(25,26)27)1-3-15-9-19(34-32-15,21(28,29)30)12-6-13(23)8-14(24)7-12/h1-8H,9-10H2,(H,31,33)/b3-1+. The number of oxime groups is 1. The quantitative estimate of drug-likeness (QED) is 0.361. The highest BCUT2D eigenvalue weighted by Gasteiger charge is 2.62. The SMILES string of the molecule is O=C(CC(F)(F)F)Nc1cc(/C=C/C2=NOC(c3cc(Cl)cc(Cl)c3)(C(F)(F)F)C2)ccc1Br. The number of halogens is 9. The average molecular weight is 590 g/mol. The van der Waals surface area contributed by atoms with Crippen LogP contribution in [0.2, 0.25) is 10.0 Å². The Labute approximate surface area is 207 Å². The minimum Gasteiger partial charge on any atom is -0.374 e. The van der Waals surface area contributed by atoms with Gasteiger partial charge in [-0.3, -0.25) is 4.79 Å². The second-order valence-electron chi connectivity index (χ2n) is 7.25. The molecule has 4 nitrogen and oxygen atoms in total. The molecule has 1 unspecified atom stereocenters. The van der Waals surface area contributed by atoms with Crippen LogP contribution < -0.4 is 5.32 Å². The van der Waals surface area contributed by atoms with Crippen LogP contribution in [0, 0.1) is 0 Å². The average Bonchev–Trinajstić information content (AvgIpc) is 3.12. The zero-order valence-corrected chi connectivity index (χ0v) is 19.8. The Morgan fingerprint density at radius 2 is 1.74 bits per heavy atom. The molecule has 1 atom stereocenters. The monoisotopic (exact) mass is 588 g/mol. The van der Waals surface area contributed by atoms with Crippen molar-refractivity contribution in [2.24, 2.45) is 5.16 Å². The predicted octanol–water partition coefficient (Wildman–Crippen LogP) is 7.89. The van der Waals surface area contributed by atoms with Crippen LogP contribution >= 0.6 is 39.1 Å². The topological polar surface area (TPSA) is 50.7 Å². The first kappa shape index (κ1) is 26.4. The smallest absolute Gasteiger partial charge is 0.374 e. The fourth-order valence-corrected chi connectivity index (χ4v) is 3.99. The molecule has 0 aromatic heterocycles. The molecule has 13 heteroatoms. The Hall–Kier alpha value is -2.24. The van der Waals surface area contributed by atoms with E-state index < -0.39 is 36.7 Å². The minimum absolute atomic E-state index is 0.00585. The van der Waals surface area contributed by atoms with Crippen LogP contribution in [0.25, 0.3) is 6.08 Å². The van der Waals surface area contributed by atoms with Crippen LogP contribution in [0.5, 0.6) is 0 Å². The van der Waals surface area contributed by atoms with Gasteiger partial charge in [0.25, 0.3) is 5.60 Å². The van der Waals surface area contributed by atoms with Gasteiger partial charge in [-0.2, -0.15) is 26.3 Å². The van der Waals surface area contributed by atoms with Gasteiger partial charge in [0.05, 0.1) is 11.4 Å². The van der Waals surface area contributed by atoms with E-state index in [1.807, 2.05) is 0 Å². The maximum Gasteiger partial charge on any atom is 0.435 e. The van der Waals surface area contributed by atoms with Crippen molar-refractivity contribution in [1.82, 2.24) is 0 Å². The molecule has 1 amide bonds. The number of nitrogens with one attached hydrogen (secondary N) is 1. The molecule has 1 heterocycles. The molecule has 1 N–H and O–H groups in total. The minimum atomic E-state index is -4.85. The number of carbonyl (C=O) groups excluding carboxylic acids is 1. The molecule has 34 heavy (non-hydrogen) atoms. The van der Waals surface area contributed by atoms with Crippen LogP contribution in [-0.2, 0) is 15.2 Å². The van der Waals surface area contributed by atoms with Gasteiger partial charge in [0.15, 0.2) is 0 Å². The second-order valence-corrected chi connectivity index (χ2v) is 8.97. The number of alkyl halides is 6. The van der Waals surface area contributed by atoms with E-state index in [2.05, 4.69) is 26.4 Å². The van der Waals surface area contributed by atoms with Crippen molar-refractivity contribution in [2.45, 2.75) is 30.8 Å². The summed E-state index contributed by atoms with van der Waals surface area (Å²) in [6.07, 6.45) is -9.22. The first-order valence-electron chi connectivity index (χ1n) is 9.31. The lowest BCUT2D eigenvalue weighted by molar-refractivity contribution is -0.275. The first-order chi connectivity index (χ1) is 15.7. The summed E-state index contributed by atoms with van der Waals surface area (Å²) >= 11 is 14.8. The lowest BCUT2D eigenvalue weighted by Crippen LogP contribution is -2.42. The van der Waals surface area contributed by atoms with Crippen molar-refractivity contribution in [1.29, 1.82) is 0 Å². The van der Waals surface area contributed by atoms with E-state index in [0.29, 0.717) is 10.0 Å². The van der Waals surface area contributed by atoms with E-state index >= 15 is 0 Å². The molecule has 1 aliphatic heterocycles. The van der Waals surface area contributed by atoms with Crippen LogP contribution in [-0.4, -0.2) is 24.0 Å². The number of amides is 1. The Balaban J connectivity index is 1.81. The molecule has 1 aliphatic rings. The lowest BCUT2D eigenvalue weighted by Gasteiger charge is -2.29. The summed E-state index contributed by atoms with van der Waals surface area (Å²) in [6, 6.07) is 7.81. The van der Waals surface area contributed by atoms with Gasteiger partial charge in [0.1, 0.15) is 6.42 Å². The third kappa shape index (κ3) is 6.25. The van der Waals surface area contributed by atoms with Gasteiger partial charge in [-0.25, -0.2) is 0 Å². The molecule has 0 aliphatic carbocycles. The third-order valence-corrected chi connectivity index (χ3v) is 5.76. The predicted molar refractivity (Wildman–Crippen MR) is 120 cm³/mol. The van der Waals surface area contributed by atoms with Gasteiger partial charge in [0, 0.05) is 26.5 Å². The van der Waals surface area contributed by atoms with Crippen LogP contribution in [0.3, 0.4) is 0 Å². The zero-order chi connectivity index (χ0) is 25.3. The van der Waals surface area contributed by atoms with Crippen molar-refractivity contribution < 1.29 is 36.0 Å². The molecule has 0 bridgehead atoms. The fraction of sp³-hybridized carbons (Fsp3) is 0.238. The number of allylic oxidation sites excluding steroid dienone is 1. The number of nitrogens with zero attached hydrogens (tertiary/aromatic N) is 1. The summed E-state index contributed by atoms with van der Waals surface area (Å²) in [7, 11) is 0.